The zero-order valence-electron chi connectivity index (χ0n) is 15.1. The highest BCUT2D eigenvalue weighted by Gasteiger charge is 2.46. The fraction of sp³-hybridized carbons (Fsp3) is 0.750. The van der Waals surface area contributed by atoms with Crippen molar-refractivity contribution in [1.29, 1.82) is 0 Å². The molecule has 1 aliphatic heterocycles. The first kappa shape index (κ1) is 20.0. The third-order valence-electron chi connectivity index (χ3n) is 5.26. The van der Waals surface area contributed by atoms with Gasteiger partial charge in [0.05, 0.1) is 18.0 Å². The molecule has 3 N–H and O–H groups in total. The second-order valence-electron chi connectivity index (χ2n) is 7.31. The lowest BCUT2D eigenvalue weighted by Gasteiger charge is -2.16. The van der Waals surface area contributed by atoms with Crippen LogP contribution in [0, 0.1) is 11.8 Å². The Morgan fingerprint density at radius 2 is 2.16 bits per heavy atom. The Labute approximate surface area is 150 Å². The maximum Gasteiger partial charge on any atom is 0.303 e. The molecule has 0 spiro atoms. The molecule has 25 heavy (non-hydrogen) atoms. The van der Waals surface area contributed by atoms with Crippen molar-refractivity contribution in [3.05, 3.63) is 24.0 Å². The van der Waals surface area contributed by atoms with Gasteiger partial charge in [-0.2, -0.15) is 0 Å². The number of aliphatic hydroxyl groups is 2. The number of carboxylic acids is 1. The van der Waals surface area contributed by atoms with Crippen LogP contribution in [-0.2, 0) is 9.53 Å². The maximum absolute atomic E-state index is 10.5. The van der Waals surface area contributed by atoms with Crippen molar-refractivity contribution in [1.82, 2.24) is 0 Å². The van der Waals surface area contributed by atoms with Crippen molar-refractivity contribution < 1.29 is 24.9 Å². The average molecular weight is 352 g/mol. The van der Waals surface area contributed by atoms with E-state index in [9.17, 15) is 15.0 Å². The van der Waals surface area contributed by atoms with Gasteiger partial charge in [0.1, 0.15) is 6.10 Å². The predicted octanol–water partition coefficient (Wildman–Crippen LogP) is 3.41. The second kappa shape index (κ2) is 9.97. The molecule has 2 fully saturated rings. The average Bonchev–Trinajstić information content (AvgIpc) is 3.06. The highest BCUT2D eigenvalue weighted by molar-refractivity contribution is 5.66. The molecular formula is C20H32O5. The summed E-state index contributed by atoms with van der Waals surface area (Å²) in [6, 6.07) is 0. The Hall–Kier alpha value is -1.33. The minimum atomic E-state index is -0.770. The lowest BCUT2D eigenvalue weighted by molar-refractivity contribution is -0.137. The minimum Gasteiger partial charge on any atom is -0.495 e. The number of aliphatic carboxylic acids is 1. The molecule has 2 unspecified atom stereocenters. The van der Waals surface area contributed by atoms with Gasteiger partial charge in [-0.1, -0.05) is 38.3 Å². The molecular weight excluding hydrogens is 320 g/mol. The zero-order chi connectivity index (χ0) is 18.2. The Kier molecular flexibility index (Phi) is 7.97. The Balaban J connectivity index is 1.83. The number of fused-ring (bicyclic) bond motifs is 1. The minimum absolute atomic E-state index is 0.0238. The Morgan fingerprint density at radius 1 is 1.36 bits per heavy atom. The molecule has 1 aliphatic carbocycles. The van der Waals surface area contributed by atoms with Gasteiger partial charge in [-0.25, -0.2) is 0 Å². The maximum atomic E-state index is 10.5. The first-order valence-corrected chi connectivity index (χ1v) is 9.63. The van der Waals surface area contributed by atoms with E-state index in [2.05, 4.69) is 6.92 Å². The van der Waals surface area contributed by atoms with Gasteiger partial charge >= 0.3 is 5.97 Å². The van der Waals surface area contributed by atoms with Gasteiger partial charge in [-0.05, 0) is 25.3 Å². The quantitative estimate of drug-likeness (QED) is 0.414. The van der Waals surface area contributed by atoms with E-state index < -0.39 is 18.2 Å². The van der Waals surface area contributed by atoms with E-state index >= 15 is 0 Å². The molecule has 2 rings (SSSR count). The third kappa shape index (κ3) is 6.15. The number of ether oxygens (including phenoxy) is 1. The van der Waals surface area contributed by atoms with E-state index in [1.807, 2.05) is 18.2 Å². The summed E-state index contributed by atoms with van der Waals surface area (Å²) in [6.45, 7) is 2.14. The molecule has 142 valence electrons. The van der Waals surface area contributed by atoms with Crippen LogP contribution in [0.25, 0.3) is 0 Å². The van der Waals surface area contributed by atoms with Crippen LogP contribution in [0.4, 0.5) is 0 Å². The molecule has 2 aliphatic rings. The Bertz CT molecular complexity index is 484. The largest absolute Gasteiger partial charge is 0.495 e. The fourth-order valence-electron chi connectivity index (χ4n) is 3.86. The normalized spacial score (nSPS) is 31.4. The summed E-state index contributed by atoms with van der Waals surface area (Å²) in [5, 5.41) is 29.0. The van der Waals surface area contributed by atoms with Crippen molar-refractivity contribution in [3.8, 4) is 0 Å². The molecule has 5 atom stereocenters. The monoisotopic (exact) mass is 352 g/mol. The number of carboxylic acid groups (broad SMARTS) is 1. The van der Waals surface area contributed by atoms with E-state index in [4.69, 9.17) is 9.84 Å². The zero-order valence-corrected chi connectivity index (χ0v) is 15.1. The summed E-state index contributed by atoms with van der Waals surface area (Å²) in [6.07, 6.45) is 12.0. The third-order valence-corrected chi connectivity index (χ3v) is 5.26. The number of aliphatic hydroxyl groups excluding tert-OH is 2. The molecule has 5 nitrogen and oxygen atoms in total. The standard InChI is InChI=1S/C20H32O5/c1-2-3-4-7-14(21)10-11-16-17-12-15(8-5-6-9-20(23)24)25-19(17)13-18(16)22/h8,10-11,14,16-19,21-22H,2-7,9,12-13H2,1H3,(H,23,24)/b11-10+,15-8-/t14-,16?,17?,18+,19-/m0/s1. The summed E-state index contributed by atoms with van der Waals surface area (Å²) >= 11 is 0. The number of allylic oxidation sites excluding steroid dienone is 2. The molecule has 0 amide bonds. The van der Waals surface area contributed by atoms with Crippen LogP contribution in [0.2, 0.25) is 0 Å². The van der Waals surface area contributed by atoms with Crippen LogP contribution in [0.3, 0.4) is 0 Å². The molecule has 0 aromatic rings. The highest BCUT2D eigenvalue weighted by Crippen LogP contribution is 2.45. The van der Waals surface area contributed by atoms with Crippen LogP contribution in [-0.4, -0.2) is 39.6 Å². The van der Waals surface area contributed by atoms with Gasteiger partial charge in [-0.3, -0.25) is 4.79 Å². The van der Waals surface area contributed by atoms with E-state index in [0.717, 1.165) is 37.9 Å². The van der Waals surface area contributed by atoms with Gasteiger partial charge < -0.3 is 20.1 Å². The van der Waals surface area contributed by atoms with E-state index in [1.54, 1.807) is 0 Å². The number of carbonyl (C=O) groups is 1. The summed E-state index contributed by atoms with van der Waals surface area (Å²) < 4.78 is 5.94. The molecule has 1 saturated carbocycles. The van der Waals surface area contributed by atoms with Crippen molar-refractivity contribution in [2.24, 2.45) is 11.8 Å². The molecule has 0 aromatic carbocycles. The molecule has 0 bridgehead atoms. The predicted molar refractivity (Wildman–Crippen MR) is 96.0 cm³/mol. The Morgan fingerprint density at radius 3 is 2.88 bits per heavy atom. The summed E-state index contributed by atoms with van der Waals surface area (Å²) in [7, 11) is 0. The van der Waals surface area contributed by atoms with E-state index in [1.165, 1.54) is 0 Å². The first-order chi connectivity index (χ1) is 12.0. The van der Waals surface area contributed by atoms with Crippen LogP contribution >= 0.6 is 0 Å². The van der Waals surface area contributed by atoms with Crippen molar-refractivity contribution in [3.63, 3.8) is 0 Å². The van der Waals surface area contributed by atoms with Gasteiger partial charge in [0.2, 0.25) is 0 Å². The lowest BCUT2D eigenvalue weighted by atomic mass is 9.90. The first-order valence-electron chi connectivity index (χ1n) is 9.63. The number of hydrogen-bond acceptors (Lipinski definition) is 4. The van der Waals surface area contributed by atoms with Crippen LogP contribution < -0.4 is 0 Å². The number of rotatable bonds is 10. The van der Waals surface area contributed by atoms with E-state index in [0.29, 0.717) is 19.3 Å². The number of unbranched alkanes of at least 4 members (excludes halogenated alkanes) is 3. The molecule has 0 aromatic heterocycles. The van der Waals surface area contributed by atoms with Crippen LogP contribution in [0.1, 0.15) is 64.7 Å². The van der Waals surface area contributed by atoms with E-state index in [-0.39, 0.29) is 24.4 Å². The number of hydrogen-bond donors (Lipinski definition) is 3. The molecule has 0 radical (unpaired) electrons. The lowest BCUT2D eigenvalue weighted by Crippen LogP contribution is -2.18. The second-order valence-corrected chi connectivity index (χ2v) is 7.31. The fourth-order valence-corrected chi connectivity index (χ4v) is 3.86. The van der Waals surface area contributed by atoms with Gasteiger partial charge in [-0.15, -0.1) is 0 Å². The smallest absolute Gasteiger partial charge is 0.303 e. The SMILES string of the molecule is CCCCC[C@H](O)/C=C/C1C2C/C(=C/CCCC(=O)O)O[C@H]2C[C@H]1O. The van der Waals surface area contributed by atoms with Gasteiger partial charge in [0.15, 0.2) is 0 Å². The van der Waals surface area contributed by atoms with Crippen molar-refractivity contribution in [2.45, 2.75) is 83.0 Å². The molecule has 1 saturated heterocycles. The van der Waals surface area contributed by atoms with Crippen LogP contribution in [0.15, 0.2) is 24.0 Å². The van der Waals surface area contributed by atoms with Gasteiger partial charge in [0.25, 0.3) is 0 Å². The topological polar surface area (TPSA) is 87.0 Å². The van der Waals surface area contributed by atoms with Crippen LogP contribution in [0.5, 0.6) is 0 Å². The molecule has 5 heteroatoms. The van der Waals surface area contributed by atoms with Gasteiger partial charge in [0, 0.05) is 31.1 Å². The van der Waals surface area contributed by atoms with Crippen molar-refractivity contribution in [2.75, 3.05) is 0 Å². The summed E-state index contributed by atoms with van der Waals surface area (Å²) in [5.41, 5.74) is 0. The highest BCUT2D eigenvalue weighted by atomic mass is 16.5. The molecule has 1 heterocycles. The van der Waals surface area contributed by atoms with Crippen molar-refractivity contribution >= 4 is 5.97 Å². The summed E-state index contributed by atoms with van der Waals surface area (Å²) in [4.78, 5) is 10.5. The summed E-state index contributed by atoms with van der Waals surface area (Å²) in [5.74, 6) is 0.429.